The Morgan fingerprint density at radius 1 is 0.742 bits per heavy atom. The minimum Gasteiger partial charge on any atom is -0.459 e. The second-order valence-electron chi connectivity index (χ2n) is 11.0. The van der Waals surface area contributed by atoms with Crippen molar-refractivity contribution in [3.8, 4) is 0 Å². The van der Waals surface area contributed by atoms with Gasteiger partial charge >= 0.3 is 12.1 Å². The van der Waals surface area contributed by atoms with E-state index in [2.05, 4.69) is 16.0 Å². The highest BCUT2D eigenvalue weighted by molar-refractivity contribution is 5.93. The summed E-state index contributed by atoms with van der Waals surface area (Å²) in [6, 6.07) is -1.84. The van der Waals surface area contributed by atoms with Gasteiger partial charge in [0.25, 0.3) is 0 Å². The number of hydrogen-bond acceptors (Lipinski definition) is 6. The molecular formula is C22H41N3O6. The van der Waals surface area contributed by atoms with E-state index in [1.807, 2.05) is 0 Å². The second kappa shape index (κ2) is 10.8. The van der Waals surface area contributed by atoms with Crippen molar-refractivity contribution < 1.29 is 28.7 Å². The molecule has 0 aromatic carbocycles. The van der Waals surface area contributed by atoms with Crippen LogP contribution in [0.3, 0.4) is 0 Å². The van der Waals surface area contributed by atoms with Crippen molar-refractivity contribution in [1.82, 2.24) is 16.0 Å². The first-order valence-corrected chi connectivity index (χ1v) is 10.5. The molecular weight excluding hydrogens is 402 g/mol. The van der Waals surface area contributed by atoms with E-state index in [0.29, 0.717) is 0 Å². The van der Waals surface area contributed by atoms with E-state index >= 15 is 0 Å². The average molecular weight is 444 g/mol. The highest BCUT2D eigenvalue weighted by atomic mass is 16.6. The Bertz CT molecular complexity index is 654. The molecule has 3 amide bonds. The van der Waals surface area contributed by atoms with Gasteiger partial charge in [-0.1, -0.05) is 34.6 Å². The first-order chi connectivity index (χ1) is 13.7. The third-order valence-corrected chi connectivity index (χ3v) is 3.86. The van der Waals surface area contributed by atoms with Gasteiger partial charge < -0.3 is 25.4 Å². The van der Waals surface area contributed by atoms with Gasteiger partial charge in [-0.3, -0.25) is 14.4 Å². The molecule has 0 bridgehead atoms. The molecule has 0 aliphatic heterocycles. The molecule has 0 aromatic rings. The van der Waals surface area contributed by atoms with Crippen LogP contribution in [0.1, 0.15) is 76.2 Å². The van der Waals surface area contributed by atoms with Gasteiger partial charge in [-0.05, 0) is 52.9 Å². The van der Waals surface area contributed by atoms with E-state index in [1.165, 1.54) is 0 Å². The lowest BCUT2D eigenvalue weighted by molar-refractivity contribution is -0.154. The van der Waals surface area contributed by atoms with Gasteiger partial charge in [-0.2, -0.15) is 0 Å². The molecule has 0 aliphatic rings. The Balaban J connectivity index is 5.27. The summed E-state index contributed by atoms with van der Waals surface area (Å²) in [5, 5.41) is 7.79. The lowest BCUT2D eigenvalue weighted by Crippen LogP contribution is -2.59. The number of ether oxygens (including phenoxy) is 2. The fourth-order valence-electron chi connectivity index (χ4n) is 2.52. The lowest BCUT2D eigenvalue weighted by atomic mass is 9.85. The van der Waals surface area contributed by atoms with E-state index in [0.717, 1.165) is 0 Å². The van der Waals surface area contributed by atoms with Crippen molar-refractivity contribution in [2.45, 2.75) is 99.4 Å². The smallest absolute Gasteiger partial charge is 0.408 e. The zero-order chi connectivity index (χ0) is 24.8. The van der Waals surface area contributed by atoms with Crippen molar-refractivity contribution >= 4 is 23.9 Å². The van der Waals surface area contributed by atoms with Crippen molar-refractivity contribution in [3.63, 3.8) is 0 Å². The molecule has 0 radical (unpaired) electrons. The molecule has 0 rings (SSSR count). The molecule has 3 N–H and O–H groups in total. The number of carbonyl (C=O) groups excluding carboxylic acids is 4. The van der Waals surface area contributed by atoms with E-state index in [4.69, 9.17) is 9.47 Å². The van der Waals surface area contributed by atoms with Gasteiger partial charge in [0, 0.05) is 0 Å². The Morgan fingerprint density at radius 2 is 1.23 bits per heavy atom. The summed E-state index contributed by atoms with van der Waals surface area (Å²) in [6.07, 6.45) is -0.719. The van der Waals surface area contributed by atoms with E-state index in [1.54, 1.807) is 76.2 Å². The van der Waals surface area contributed by atoms with E-state index in [-0.39, 0.29) is 12.5 Å². The molecule has 9 nitrogen and oxygen atoms in total. The van der Waals surface area contributed by atoms with Gasteiger partial charge in [0.05, 0.1) is 0 Å². The molecule has 9 heteroatoms. The zero-order valence-electron chi connectivity index (χ0n) is 20.9. The van der Waals surface area contributed by atoms with Crippen LogP contribution in [0.5, 0.6) is 0 Å². The van der Waals surface area contributed by atoms with Gasteiger partial charge in [-0.25, -0.2) is 4.79 Å². The molecule has 180 valence electrons. The topological polar surface area (TPSA) is 123 Å². The van der Waals surface area contributed by atoms with Crippen LogP contribution in [0.4, 0.5) is 4.79 Å². The zero-order valence-corrected chi connectivity index (χ0v) is 20.9. The Morgan fingerprint density at radius 3 is 1.61 bits per heavy atom. The monoisotopic (exact) mass is 443 g/mol. The molecule has 0 aromatic heterocycles. The number of hydrogen-bond donors (Lipinski definition) is 3. The molecule has 31 heavy (non-hydrogen) atoms. The third-order valence-electron chi connectivity index (χ3n) is 3.86. The van der Waals surface area contributed by atoms with Crippen LogP contribution in [0.2, 0.25) is 0 Å². The molecule has 0 spiro atoms. The van der Waals surface area contributed by atoms with Crippen LogP contribution in [0, 0.1) is 11.3 Å². The van der Waals surface area contributed by atoms with Crippen molar-refractivity contribution in [2.24, 2.45) is 11.3 Å². The first-order valence-electron chi connectivity index (χ1n) is 10.5. The first kappa shape index (κ1) is 28.7. The van der Waals surface area contributed by atoms with Crippen LogP contribution in [0.15, 0.2) is 0 Å². The third kappa shape index (κ3) is 12.2. The Kier molecular flexibility index (Phi) is 10.0. The molecule has 2 atom stereocenters. The maximum absolute atomic E-state index is 12.9. The van der Waals surface area contributed by atoms with Crippen LogP contribution in [0.25, 0.3) is 0 Å². The number of esters is 1. The molecule has 0 fully saturated rings. The summed E-state index contributed by atoms with van der Waals surface area (Å²) < 4.78 is 10.4. The van der Waals surface area contributed by atoms with Gasteiger partial charge in [0.2, 0.25) is 11.8 Å². The standard InChI is InChI=1S/C22H41N3O6/c1-13(2)15(24-19(29)31-22(9,10)11)17(27)25-16(20(3,4)5)18(28)23-12-14(26)30-21(6,7)8/h13,15-16H,12H2,1-11H3,(H,23,28)(H,24,29)(H,25,27)/t15-,16?/m0/s1. The summed E-state index contributed by atoms with van der Waals surface area (Å²) in [5.41, 5.74) is -2.03. The minimum atomic E-state index is -0.941. The van der Waals surface area contributed by atoms with E-state index in [9.17, 15) is 19.2 Å². The van der Waals surface area contributed by atoms with Crippen LogP contribution >= 0.6 is 0 Å². The van der Waals surface area contributed by atoms with Crippen LogP contribution in [-0.4, -0.2) is 53.7 Å². The maximum Gasteiger partial charge on any atom is 0.408 e. The highest BCUT2D eigenvalue weighted by Gasteiger charge is 2.36. The van der Waals surface area contributed by atoms with Crippen LogP contribution < -0.4 is 16.0 Å². The summed E-state index contributed by atoms with van der Waals surface area (Å²) in [5.74, 6) is -1.87. The van der Waals surface area contributed by atoms with Gasteiger partial charge in [0.1, 0.15) is 29.8 Å². The summed E-state index contributed by atoms with van der Waals surface area (Å²) in [4.78, 5) is 49.7. The fraction of sp³-hybridized carbons (Fsp3) is 0.818. The van der Waals surface area contributed by atoms with Crippen molar-refractivity contribution in [3.05, 3.63) is 0 Å². The largest absolute Gasteiger partial charge is 0.459 e. The highest BCUT2D eigenvalue weighted by Crippen LogP contribution is 2.20. The normalized spacial score (nSPS) is 14.3. The Labute approximate surface area is 186 Å². The fourth-order valence-corrected chi connectivity index (χ4v) is 2.52. The maximum atomic E-state index is 12.9. The molecule has 0 saturated carbocycles. The molecule has 0 heterocycles. The lowest BCUT2D eigenvalue weighted by Gasteiger charge is -2.32. The van der Waals surface area contributed by atoms with Crippen molar-refractivity contribution in [1.29, 1.82) is 0 Å². The minimum absolute atomic E-state index is 0.252. The van der Waals surface area contributed by atoms with Crippen molar-refractivity contribution in [2.75, 3.05) is 6.54 Å². The predicted molar refractivity (Wildman–Crippen MR) is 118 cm³/mol. The number of nitrogens with one attached hydrogen (secondary N) is 3. The quantitative estimate of drug-likeness (QED) is 0.520. The number of rotatable bonds is 7. The number of carbonyl (C=O) groups is 4. The average Bonchev–Trinajstić information content (AvgIpc) is 2.50. The molecule has 0 aliphatic carbocycles. The molecule has 0 saturated heterocycles. The van der Waals surface area contributed by atoms with Gasteiger partial charge in [0.15, 0.2) is 0 Å². The molecule has 1 unspecified atom stereocenters. The summed E-state index contributed by atoms with van der Waals surface area (Å²) in [6.45, 7) is 19.0. The van der Waals surface area contributed by atoms with E-state index < -0.39 is 52.6 Å². The summed E-state index contributed by atoms with van der Waals surface area (Å²) >= 11 is 0. The van der Waals surface area contributed by atoms with Gasteiger partial charge in [-0.15, -0.1) is 0 Å². The number of alkyl carbamates (subject to hydrolysis) is 1. The second-order valence-corrected chi connectivity index (χ2v) is 11.0. The number of amides is 3. The summed E-state index contributed by atoms with van der Waals surface area (Å²) in [7, 11) is 0. The SMILES string of the molecule is CC(C)[C@H](NC(=O)OC(C)(C)C)C(=O)NC(C(=O)NCC(=O)OC(C)(C)C)C(C)(C)C. The Hall–Kier alpha value is -2.32. The van der Waals surface area contributed by atoms with Crippen LogP contribution in [-0.2, 0) is 23.9 Å². The predicted octanol–water partition coefficient (Wildman–Crippen LogP) is 2.52.